The summed E-state index contributed by atoms with van der Waals surface area (Å²) in [5.74, 6) is -0.746. The van der Waals surface area contributed by atoms with E-state index < -0.39 is 28.5 Å². The minimum absolute atomic E-state index is 0.0669. The van der Waals surface area contributed by atoms with Gasteiger partial charge in [0.2, 0.25) is 11.8 Å². The SMILES string of the molecule is CC[C@H](C(=O)N[C@@H](C)CC)N(Cc1ccccc1C)C(=O)CN(c1ccc(Cl)cc1C)S(=O)(=O)c1ccc(C)cc1. The van der Waals surface area contributed by atoms with Crippen LogP contribution in [0.5, 0.6) is 0 Å². The summed E-state index contributed by atoms with van der Waals surface area (Å²) in [6, 6.07) is 18.2. The number of halogens is 1. The second-order valence-corrected chi connectivity index (χ2v) is 12.7. The summed E-state index contributed by atoms with van der Waals surface area (Å²) in [4.78, 5) is 29.2. The van der Waals surface area contributed by atoms with Gasteiger partial charge in [-0.3, -0.25) is 13.9 Å². The van der Waals surface area contributed by atoms with E-state index in [2.05, 4.69) is 5.32 Å². The lowest BCUT2D eigenvalue weighted by Gasteiger charge is -2.34. The van der Waals surface area contributed by atoms with Gasteiger partial charge in [0, 0.05) is 17.6 Å². The lowest BCUT2D eigenvalue weighted by Crippen LogP contribution is -2.53. The summed E-state index contributed by atoms with van der Waals surface area (Å²) in [6.45, 7) is 11.0. The van der Waals surface area contributed by atoms with Gasteiger partial charge in [-0.05, 0) is 87.6 Å². The Morgan fingerprint density at radius 3 is 2.15 bits per heavy atom. The van der Waals surface area contributed by atoms with Crippen molar-refractivity contribution >= 4 is 39.1 Å². The van der Waals surface area contributed by atoms with Crippen molar-refractivity contribution in [3.8, 4) is 0 Å². The van der Waals surface area contributed by atoms with Gasteiger partial charge < -0.3 is 10.2 Å². The molecule has 0 aliphatic rings. The fraction of sp³-hybridized carbons (Fsp3) is 0.375. The van der Waals surface area contributed by atoms with Crippen LogP contribution < -0.4 is 9.62 Å². The lowest BCUT2D eigenvalue weighted by atomic mass is 10.1. The largest absolute Gasteiger partial charge is 0.352 e. The zero-order valence-corrected chi connectivity index (χ0v) is 26.2. The zero-order valence-electron chi connectivity index (χ0n) is 24.6. The molecule has 0 heterocycles. The first-order valence-corrected chi connectivity index (χ1v) is 15.7. The van der Waals surface area contributed by atoms with Gasteiger partial charge in [-0.2, -0.15) is 0 Å². The summed E-state index contributed by atoms with van der Waals surface area (Å²) in [5.41, 5.74) is 3.72. The molecule has 0 saturated carbocycles. The molecule has 2 atom stereocenters. The maximum Gasteiger partial charge on any atom is 0.264 e. The molecule has 3 rings (SSSR count). The number of sulfonamides is 1. The summed E-state index contributed by atoms with van der Waals surface area (Å²) in [6.07, 6.45) is 1.11. The Bertz CT molecular complexity index is 1470. The molecule has 0 fully saturated rings. The monoisotopic (exact) mass is 597 g/mol. The standard InChI is InChI=1S/C32H40ClN3O4S/c1-7-25(6)34-32(38)29(8-2)35(20-26-12-10-9-11-23(26)4)31(37)21-36(30-18-15-27(33)19-24(30)5)41(39,40)28-16-13-22(3)14-17-28/h9-19,25,29H,7-8,20-21H2,1-6H3,(H,34,38)/t25-,29+/m0/s1. The number of amides is 2. The number of rotatable bonds is 12. The Morgan fingerprint density at radius 1 is 0.902 bits per heavy atom. The van der Waals surface area contributed by atoms with E-state index in [0.29, 0.717) is 22.7 Å². The van der Waals surface area contributed by atoms with E-state index in [0.717, 1.165) is 27.4 Å². The van der Waals surface area contributed by atoms with Crippen LogP contribution in [0, 0.1) is 20.8 Å². The molecular formula is C32H40ClN3O4S. The number of hydrogen-bond acceptors (Lipinski definition) is 4. The van der Waals surface area contributed by atoms with Gasteiger partial charge in [0.25, 0.3) is 10.0 Å². The van der Waals surface area contributed by atoms with Crippen LogP contribution in [0.2, 0.25) is 5.02 Å². The first kappa shape index (κ1) is 32.2. The maximum atomic E-state index is 14.2. The molecule has 9 heteroatoms. The Hall–Kier alpha value is -3.36. The highest BCUT2D eigenvalue weighted by Crippen LogP contribution is 2.30. The van der Waals surface area contributed by atoms with Crippen LogP contribution in [0.15, 0.2) is 71.6 Å². The third-order valence-electron chi connectivity index (χ3n) is 7.30. The van der Waals surface area contributed by atoms with Crippen LogP contribution in [0.1, 0.15) is 55.9 Å². The van der Waals surface area contributed by atoms with Crippen molar-refractivity contribution < 1.29 is 18.0 Å². The third kappa shape index (κ3) is 7.89. The van der Waals surface area contributed by atoms with Crippen LogP contribution in [0.25, 0.3) is 0 Å². The molecule has 0 aromatic heterocycles. The topological polar surface area (TPSA) is 86.8 Å². The lowest BCUT2D eigenvalue weighted by molar-refractivity contribution is -0.140. The molecule has 1 N–H and O–H groups in total. The van der Waals surface area contributed by atoms with Gasteiger partial charge in [0.1, 0.15) is 12.6 Å². The van der Waals surface area contributed by atoms with E-state index in [1.54, 1.807) is 37.3 Å². The fourth-order valence-corrected chi connectivity index (χ4v) is 6.29. The molecule has 0 bridgehead atoms. The van der Waals surface area contributed by atoms with Crippen molar-refractivity contribution in [2.24, 2.45) is 0 Å². The van der Waals surface area contributed by atoms with Gasteiger partial charge >= 0.3 is 0 Å². The van der Waals surface area contributed by atoms with Gasteiger partial charge in [-0.25, -0.2) is 8.42 Å². The molecule has 2 amide bonds. The van der Waals surface area contributed by atoms with Gasteiger partial charge in [-0.15, -0.1) is 0 Å². The summed E-state index contributed by atoms with van der Waals surface area (Å²) in [5, 5.41) is 3.46. The minimum atomic E-state index is -4.15. The number of nitrogens with zero attached hydrogens (tertiary/aromatic N) is 2. The molecular weight excluding hydrogens is 558 g/mol. The number of nitrogens with one attached hydrogen (secondary N) is 1. The molecule has 0 unspecified atom stereocenters. The molecule has 0 spiro atoms. The number of aryl methyl sites for hydroxylation is 3. The minimum Gasteiger partial charge on any atom is -0.352 e. The number of carbonyl (C=O) groups is 2. The van der Waals surface area contributed by atoms with Gasteiger partial charge in [-0.1, -0.05) is 67.4 Å². The number of carbonyl (C=O) groups excluding carboxylic acids is 2. The molecule has 41 heavy (non-hydrogen) atoms. The Kier molecular flexibility index (Phi) is 11.0. The molecule has 7 nitrogen and oxygen atoms in total. The van der Waals surface area contributed by atoms with Crippen molar-refractivity contribution in [3.05, 3.63) is 94.0 Å². The molecule has 0 aliphatic heterocycles. The highest BCUT2D eigenvalue weighted by Gasteiger charge is 2.34. The van der Waals surface area contributed by atoms with E-state index in [1.165, 1.54) is 17.0 Å². The molecule has 0 radical (unpaired) electrons. The Labute approximate surface area is 249 Å². The van der Waals surface area contributed by atoms with Crippen LogP contribution in [0.3, 0.4) is 0 Å². The van der Waals surface area contributed by atoms with E-state index >= 15 is 0 Å². The normalized spacial score (nSPS) is 12.9. The summed E-state index contributed by atoms with van der Waals surface area (Å²) >= 11 is 6.19. The van der Waals surface area contributed by atoms with Gasteiger partial charge in [0.15, 0.2) is 0 Å². The van der Waals surface area contributed by atoms with Gasteiger partial charge in [0.05, 0.1) is 10.6 Å². The van der Waals surface area contributed by atoms with Crippen LogP contribution >= 0.6 is 11.6 Å². The fourth-order valence-electron chi connectivity index (χ4n) is 4.58. The van der Waals surface area contributed by atoms with E-state index in [9.17, 15) is 18.0 Å². The van der Waals surface area contributed by atoms with Crippen molar-refractivity contribution in [2.45, 2.75) is 77.9 Å². The zero-order chi connectivity index (χ0) is 30.3. The average Bonchev–Trinajstić information content (AvgIpc) is 2.93. The van der Waals surface area contributed by atoms with Crippen molar-refractivity contribution in [1.82, 2.24) is 10.2 Å². The average molecular weight is 598 g/mol. The number of hydrogen-bond donors (Lipinski definition) is 1. The van der Waals surface area contributed by atoms with Crippen LogP contribution in [0.4, 0.5) is 5.69 Å². The smallest absolute Gasteiger partial charge is 0.264 e. The molecule has 0 aliphatic carbocycles. The van der Waals surface area contributed by atoms with Crippen LogP contribution in [-0.2, 0) is 26.2 Å². The molecule has 0 saturated heterocycles. The summed E-state index contributed by atoms with van der Waals surface area (Å²) in [7, 11) is -4.15. The highest BCUT2D eigenvalue weighted by atomic mass is 35.5. The number of benzene rings is 3. The highest BCUT2D eigenvalue weighted by molar-refractivity contribution is 7.92. The maximum absolute atomic E-state index is 14.2. The van der Waals surface area contributed by atoms with Crippen molar-refractivity contribution in [1.29, 1.82) is 0 Å². The predicted octanol–water partition coefficient (Wildman–Crippen LogP) is 6.18. The third-order valence-corrected chi connectivity index (χ3v) is 9.31. The predicted molar refractivity (Wildman–Crippen MR) is 166 cm³/mol. The molecule has 3 aromatic carbocycles. The first-order chi connectivity index (χ1) is 19.4. The number of anilines is 1. The van der Waals surface area contributed by atoms with E-state index in [4.69, 9.17) is 11.6 Å². The van der Waals surface area contributed by atoms with Crippen LogP contribution in [-0.4, -0.2) is 43.8 Å². The Morgan fingerprint density at radius 2 is 1.56 bits per heavy atom. The quantitative estimate of drug-likeness (QED) is 0.270. The van der Waals surface area contributed by atoms with Crippen molar-refractivity contribution in [3.63, 3.8) is 0 Å². The van der Waals surface area contributed by atoms with Crippen molar-refractivity contribution in [2.75, 3.05) is 10.8 Å². The molecule has 3 aromatic rings. The summed E-state index contributed by atoms with van der Waals surface area (Å²) < 4.78 is 29.2. The second-order valence-electron chi connectivity index (χ2n) is 10.4. The first-order valence-electron chi connectivity index (χ1n) is 13.9. The Balaban J connectivity index is 2.10. The van der Waals surface area contributed by atoms with E-state index in [1.807, 2.05) is 58.9 Å². The molecule has 220 valence electrons. The van der Waals surface area contributed by atoms with E-state index in [-0.39, 0.29) is 23.4 Å². The second kappa shape index (κ2) is 14.0.